The van der Waals surface area contributed by atoms with Crippen molar-refractivity contribution in [1.82, 2.24) is 19.9 Å². The Morgan fingerprint density at radius 2 is 1.54 bits per heavy atom. The molecule has 202 valence electrons. The molecule has 4 rings (SSSR count). The Morgan fingerprint density at radius 1 is 0.973 bits per heavy atom. The first kappa shape index (κ1) is 28.3. The summed E-state index contributed by atoms with van der Waals surface area (Å²) in [5.41, 5.74) is 0.526. The number of hydrogen-bond donors (Lipinski definition) is 3. The van der Waals surface area contributed by atoms with Crippen molar-refractivity contribution in [2.75, 3.05) is 42.7 Å². The largest absolute Gasteiger partial charge is 0.494 e. The van der Waals surface area contributed by atoms with Gasteiger partial charge >= 0.3 is 0 Å². The number of ketones is 1. The summed E-state index contributed by atoms with van der Waals surface area (Å²) in [5, 5.41) is 10.1. The molecule has 0 unspecified atom stereocenters. The van der Waals surface area contributed by atoms with Crippen LogP contribution >= 0.6 is 0 Å². The van der Waals surface area contributed by atoms with Crippen molar-refractivity contribution in [3.63, 3.8) is 0 Å². The number of nitrogens with zero attached hydrogens (tertiary/aromatic N) is 4. The third-order valence-corrected chi connectivity index (χ3v) is 6.60. The lowest BCUT2D eigenvalue weighted by Gasteiger charge is -2.31. The highest BCUT2D eigenvalue weighted by Crippen LogP contribution is 2.25. The lowest BCUT2D eigenvalue weighted by molar-refractivity contribution is -0.118. The van der Waals surface area contributed by atoms with E-state index >= 15 is 0 Å². The van der Waals surface area contributed by atoms with E-state index in [1.54, 1.807) is 19.1 Å². The molecule has 2 aliphatic rings. The topological polar surface area (TPSA) is 104 Å². The molecule has 1 aliphatic heterocycles. The van der Waals surface area contributed by atoms with Gasteiger partial charge in [-0.2, -0.15) is 15.0 Å². The minimum absolute atomic E-state index is 0.181. The Hall–Kier alpha value is -3.27. The number of benzene rings is 1. The predicted molar refractivity (Wildman–Crippen MR) is 146 cm³/mol. The second-order valence-corrected chi connectivity index (χ2v) is 9.51. The van der Waals surface area contributed by atoms with Crippen LogP contribution in [0.15, 0.2) is 31.4 Å². The molecule has 2 aromatic rings. The van der Waals surface area contributed by atoms with Crippen molar-refractivity contribution < 1.29 is 13.9 Å². The molecule has 10 heteroatoms. The van der Waals surface area contributed by atoms with Gasteiger partial charge < -0.3 is 20.7 Å². The van der Waals surface area contributed by atoms with Gasteiger partial charge in [-0.1, -0.05) is 25.7 Å². The van der Waals surface area contributed by atoms with E-state index in [4.69, 9.17) is 4.74 Å². The minimum atomic E-state index is -0.459. The highest BCUT2D eigenvalue weighted by Gasteiger charge is 2.22. The van der Waals surface area contributed by atoms with Crippen LogP contribution in [0.25, 0.3) is 0 Å². The van der Waals surface area contributed by atoms with E-state index < -0.39 is 5.82 Å². The molecule has 1 saturated carbocycles. The van der Waals surface area contributed by atoms with Crippen LogP contribution in [0.2, 0.25) is 0 Å². The van der Waals surface area contributed by atoms with Crippen LogP contribution in [0.5, 0.6) is 5.75 Å². The lowest BCUT2D eigenvalue weighted by Crippen LogP contribution is -2.41. The zero-order valence-corrected chi connectivity index (χ0v) is 22.1. The van der Waals surface area contributed by atoms with Crippen LogP contribution in [0.1, 0.15) is 58.3 Å². The second-order valence-electron chi connectivity index (χ2n) is 9.51. The smallest absolute Gasteiger partial charge is 0.233 e. The van der Waals surface area contributed by atoms with Gasteiger partial charge in [0.2, 0.25) is 17.8 Å². The number of anilines is 4. The molecule has 1 aromatic heterocycles. The average Bonchev–Trinajstić information content (AvgIpc) is 3.15. The first-order valence-corrected chi connectivity index (χ1v) is 13.1. The maximum atomic E-state index is 14.2. The van der Waals surface area contributed by atoms with Crippen LogP contribution in [-0.4, -0.2) is 64.5 Å². The maximum absolute atomic E-state index is 14.2. The molecular weight excluding hydrogens is 473 g/mol. The number of likely N-dealkylation sites (tertiary alicyclic amines) is 1. The summed E-state index contributed by atoms with van der Waals surface area (Å²) < 4.78 is 19.2. The summed E-state index contributed by atoms with van der Waals surface area (Å²) in [7, 11) is 1.44. The summed E-state index contributed by atoms with van der Waals surface area (Å²) in [6.07, 6.45) is 8.91. The maximum Gasteiger partial charge on any atom is 0.233 e. The quantitative estimate of drug-likeness (QED) is 0.310. The van der Waals surface area contributed by atoms with Gasteiger partial charge in [0.1, 0.15) is 5.78 Å². The molecule has 0 amide bonds. The molecule has 0 atom stereocenters. The van der Waals surface area contributed by atoms with E-state index in [0.29, 0.717) is 36.1 Å². The number of halogens is 1. The van der Waals surface area contributed by atoms with Crippen LogP contribution in [0, 0.1) is 5.82 Å². The number of carbonyl (C=O) groups is 1. The van der Waals surface area contributed by atoms with Gasteiger partial charge in [0, 0.05) is 36.9 Å². The van der Waals surface area contributed by atoms with Crippen LogP contribution in [0.4, 0.5) is 27.9 Å². The normalized spacial score (nSPS) is 17.2. The fraction of sp³-hybridized carbons (Fsp3) is 0.556. The number of piperidine rings is 1. The molecule has 9 nitrogen and oxygen atoms in total. The molecule has 37 heavy (non-hydrogen) atoms. The van der Waals surface area contributed by atoms with E-state index in [-0.39, 0.29) is 17.6 Å². The number of Topliss-reactive ketones (excluding diaryl/α,β-unsaturated/α-hetero) is 1. The zero-order valence-electron chi connectivity index (χ0n) is 22.1. The summed E-state index contributed by atoms with van der Waals surface area (Å²) >= 11 is 0. The molecule has 2 heterocycles. The van der Waals surface area contributed by atoms with Gasteiger partial charge in [-0.3, -0.25) is 9.69 Å². The Kier molecular flexibility index (Phi) is 11.1. The molecule has 1 aliphatic carbocycles. The summed E-state index contributed by atoms with van der Waals surface area (Å²) in [5.74, 6) is 1.25. The van der Waals surface area contributed by atoms with E-state index in [1.807, 2.05) is 0 Å². The van der Waals surface area contributed by atoms with Crippen molar-refractivity contribution >= 4 is 29.3 Å². The van der Waals surface area contributed by atoms with Gasteiger partial charge in [0.15, 0.2) is 11.6 Å². The van der Waals surface area contributed by atoms with E-state index in [0.717, 1.165) is 38.8 Å². The summed E-state index contributed by atoms with van der Waals surface area (Å²) in [6.45, 7) is 9.83. The number of hydrogen-bond acceptors (Lipinski definition) is 9. The SMILES string of the molecule is C=C.COc1ccc(Nc2nc(NC3CCCCCC3)nc(NC3CCN(CC(C)=O)CC3)n2)cc1F. The van der Waals surface area contributed by atoms with E-state index in [1.165, 1.54) is 38.9 Å². The molecule has 0 radical (unpaired) electrons. The molecule has 1 aromatic carbocycles. The van der Waals surface area contributed by atoms with Crippen molar-refractivity contribution in [3.8, 4) is 5.75 Å². The third-order valence-electron chi connectivity index (χ3n) is 6.60. The molecule has 2 fully saturated rings. The molecule has 0 spiro atoms. The van der Waals surface area contributed by atoms with Crippen molar-refractivity contribution in [3.05, 3.63) is 37.2 Å². The Bertz CT molecular complexity index is 1010. The van der Waals surface area contributed by atoms with Crippen molar-refractivity contribution in [2.45, 2.75) is 70.4 Å². The fourth-order valence-corrected chi connectivity index (χ4v) is 4.77. The van der Waals surface area contributed by atoms with E-state index in [9.17, 15) is 9.18 Å². The first-order chi connectivity index (χ1) is 18.0. The van der Waals surface area contributed by atoms with Gasteiger partial charge in [-0.05, 0) is 44.7 Å². The third kappa shape index (κ3) is 8.96. The number of rotatable bonds is 9. The van der Waals surface area contributed by atoms with Crippen LogP contribution in [0.3, 0.4) is 0 Å². The average molecular weight is 514 g/mol. The van der Waals surface area contributed by atoms with Crippen molar-refractivity contribution in [1.29, 1.82) is 0 Å². The van der Waals surface area contributed by atoms with Gasteiger partial charge in [-0.25, -0.2) is 4.39 Å². The first-order valence-electron chi connectivity index (χ1n) is 13.1. The standard InChI is InChI=1S/C25H36FN7O2.C2H4/c1-17(34)16-33-13-11-19(12-14-33)28-24-30-23(27-18-7-5-3-4-6-8-18)31-25(32-24)29-20-9-10-22(35-2)21(26)15-20;1-2/h9-10,15,18-19H,3-8,11-14,16H2,1-2H3,(H3,27,28,29,30,31,32);1-2H2. The van der Waals surface area contributed by atoms with Crippen molar-refractivity contribution in [2.24, 2.45) is 0 Å². The molecule has 3 N–H and O–H groups in total. The van der Waals surface area contributed by atoms with Crippen LogP contribution < -0.4 is 20.7 Å². The Morgan fingerprint density at radius 3 is 2.08 bits per heavy atom. The number of methoxy groups -OCH3 is 1. The number of ether oxygens (including phenoxy) is 1. The number of carbonyl (C=O) groups excluding carboxylic acids is 1. The summed E-state index contributed by atoms with van der Waals surface area (Å²) in [4.78, 5) is 27.4. The lowest BCUT2D eigenvalue weighted by atomic mass is 10.1. The minimum Gasteiger partial charge on any atom is -0.494 e. The fourth-order valence-electron chi connectivity index (χ4n) is 4.77. The van der Waals surface area contributed by atoms with E-state index in [2.05, 4.69) is 49.0 Å². The Balaban J connectivity index is 0.00000186. The van der Waals surface area contributed by atoms with Gasteiger partial charge in [0.25, 0.3) is 0 Å². The zero-order chi connectivity index (χ0) is 26.6. The second kappa shape index (κ2) is 14.5. The highest BCUT2D eigenvalue weighted by molar-refractivity contribution is 5.77. The number of nitrogens with one attached hydrogen (secondary N) is 3. The van der Waals surface area contributed by atoms with Gasteiger partial charge in [0.05, 0.1) is 13.7 Å². The summed E-state index contributed by atoms with van der Waals surface area (Å²) in [6, 6.07) is 5.18. The molecule has 1 saturated heterocycles. The Labute approximate surface area is 219 Å². The highest BCUT2D eigenvalue weighted by atomic mass is 19.1. The van der Waals surface area contributed by atoms with Crippen LogP contribution in [-0.2, 0) is 4.79 Å². The van der Waals surface area contributed by atoms with Gasteiger partial charge in [-0.15, -0.1) is 13.2 Å². The predicted octanol–water partition coefficient (Wildman–Crippen LogP) is 5.17. The molecule has 0 bridgehead atoms. The monoisotopic (exact) mass is 513 g/mol. The molecular formula is C27H40FN7O2. The number of aromatic nitrogens is 3.